The highest BCUT2D eigenvalue weighted by atomic mass is 15.2. The van der Waals surface area contributed by atoms with Gasteiger partial charge in [-0.15, -0.1) is 0 Å². The van der Waals surface area contributed by atoms with Gasteiger partial charge >= 0.3 is 0 Å². The van der Waals surface area contributed by atoms with Gasteiger partial charge in [0.25, 0.3) is 0 Å². The van der Waals surface area contributed by atoms with Crippen LogP contribution in [0.4, 0.5) is 0 Å². The maximum absolute atomic E-state index is 6.07. The second-order valence-electron chi connectivity index (χ2n) is 6.09. The van der Waals surface area contributed by atoms with Crippen LogP contribution in [0.3, 0.4) is 0 Å². The van der Waals surface area contributed by atoms with Crippen LogP contribution in [0.2, 0.25) is 0 Å². The van der Waals surface area contributed by atoms with Gasteiger partial charge in [-0.2, -0.15) is 0 Å². The topological polar surface area (TPSA) is 32.5 Å². The number of likely N-dealkylation sites (N-methyl/N-ethyl adjacent to an activating group) is 1. The molecule has 0 spiro atoms. The molecule has 1 aromatic rings. The first kappa shape index (κ1) is 15.5. The zero-order chi connectivity index (χ0) is 14.5. The lowest BCUT2D eigenvalue weighted by atomic mass is 9.95. The number of rotatable bonds is 6. The molecular weight excluding hydrogens is 246 g/mol. The molecule has 0 amide bonds. The highest BCUT2D eigenvalue weighted by Crippen LogP contribution is 2.25. The molecule has 1 atom stereocenters. The summed E-state index contributed by atoms with van der Waals surface area (Å²) < 4.78 is 0. The lowest BCUT2D eigenvalue weighted by molar-refractivity contribution is 0.208. The van der Waals surface area contributed by atoms with Crippen LogP contribution in [0.5, 0.6) is 0 Å². The summed E-state index contributed by atoms with van der Waals surface area (Å²) in [7, 11) is 2.21. The molecular formula is C17H29N3. The molecule has 1 heterocycles. The van der Waals surface area contributed by atoms with Crippen LogP contribution in [0, 0.1) is 13.8 Å². The maximum atomic E-state index is 6.07. The van der Waals surface area contributed by atoms with Crippen LogP contribution in [-0.2, 0) is 0 Å². The minimum Gasteiger partial charge on any atom is -0.329 e. The van der Waals surface area contributed by atoms with E-state index in [2.05, 4.69) is 48.9 Å². The van der Waals surface area contributed by atoms with Crippen molar-refractivity contribution in [3.8, 4) is 0 Å². The van der Waals surface area contributed by atoms with E-state index in [1.807, 2.05) is 0 Å². The van der Waals surface area contributed by atoms with Gasteiger partial charge in [0.05, 0.1) is 0 Å². The Morgan fingerprint density at radius 2 is 1.80 bits per heavy atom. The molecule has 1 aliphatic heterocycles. The number of hydrogen-bond acceptors (Lipinski definition) is 3. The van der Waals surface area contributed by atoms with Gasteiger partial charge in [0.15, 0.2) is 0 Å². The lowest BCUT2D eigenvalue weighted by Gasteiger charge is -2.31. The molecule has 3 nitrogen and oxygen atoms in total. The number of likely N-dealkylation sites (tertiary alicyclic amines) is 1. The Hall–Kier alpha value is -0.900. The summed E-state index contributed by atoms with van der Waals surface area (Å²) in [5.41, 5.74) is 10.2. The molecule has 0 aromatic heterocycles. The Bertz CT molecular complexity index is 404. The predicted molar refractivity (Wildman–Crippen MR) is 86.0 cm³/mol. The van der Waals surface area contributed by atoms with Crippen LogP contribution in [0.15, 0.2) is 18.2 Å². The van der Waals surface area contributed by atoms with Crippen molar-refractivity contribution in [3.05, 3.63) is 34.9 Å². The number of nitrogens with zero attached hydrogens (tertiary/aromatic N) is 2. The minimum absolute atomic E-state index is 0.332. The summed E-state index contributed by atoms with van der Waals surface area (Å²) in [4.78, 5) is 4.99. The van der Waals surface area contributed by atoms with E-state index in [1.54, 1.807) is 0 Å². The molecule has 1 saturated heterocycles. The fraction of sp³-hybridized carbons (Fsp3) is 0.647. The van der Waals surface area contributed by atoms with E-state index in [0.717, 1.165) is 13.1 Å². The second-order valence-corrected chi connectivity index (χ2v) is 6.09. The third-order valence-electron chi connectivity index (χ3n) is 4.60. The molecule has 3 heteroatoms. The zero-order valence-electron chi connectivity index (χ0n) is 13.2. The molecule has 0 saturated carbocycles. The Morgan fingerprint density at radius 3 is 2.35 bits per heavy atom. The van der Waals surface area contributed by atoms with Gasteiger partial charge in [-0.3, -0.25) is 4.90 Å². The molecule has 2 rings (SSSR count). The van der Waals surface area contributed by atoms with Crippen molar-refractivity contribution in [3.63, 3.8) is 0 Å². The van der Waals surface area contributed by atoms with Gasteiger partial charge in [0.1, 0.15) is 0 Å². The van der Waals surface area contributed by atoms with Gasteiger partial charge in [0.2, 0.25) is 0 Å². The molecule has 1 unspecified atom stereocenters. The molecule has 2 N–H and O–H groups in total. The van der Waals surface area contributed by atoms with E-state index in [-0.39, 0.29) is 0 Å². The van der Waals surface area contributed by atoms with Gasteiger partial charge < -0.3 is 10.6 Å². The average Bonchev–Trinajstić information content (AvgIpc) is 2.93. The fourth-order valence-corrected chi connectivity index (χ4v) is 3.33. The number of nitrogens with two attached hydrogens (primary N) is 1. The highest BCUT2D eigenvalue weighted by molar-refractivity contribution is 5.36. The number of benzene rings is 1. The molecule has 0 bridgehead atoms. The van der Waals surface area contributed by atoms with Gasteiger partial charge in [-0.25, -0.2) is 0 Å². The monoisotopic (exact) mass is 275 g/mol. The third kappa shape index (κ3) is 3.60. The van der Waals surface area contributed by atoms with Gasteiger partial charge in [-0.05, 0) is 63.5 Å². The summed E-state index contributed by atoms with van der Waals surface area (Å²) in [6, 6.07) is 6.85. The largest absolute Gasteiger partial charge is 0.329 e. The van der Waals surface area contributed by atoms with E-state index in [9.17, 15) is 0 Å². The van der Waals surface area contributed by atoms with E-state index < -0.39 is 0 Å². The standard InChI is InChI=1S/C17H29N3/c1-14-7-6-8-15(2)17(14)16(13-18)19(3)11-12-20-9-4-5-10-20/h6-8,16H,4-5,9-13,18H2,1-3H3. The average molecular weight is 275 g/mol. The third-order valence-corrected chi connectivity index (χ3v) is 4.60. The van der Waals surface area contributed by atoms with Crippen molar-refractivity contribution in [2.24, 2.45) is 5.73 Å². The van der Waals surface area contributed by atoms with Crippen molar-refractivity contribution < 1.29 is 0 Å². The maximum Gasteiger partial charge on any atom is 0.0473 e. The molecule has 1 fully saturated rings. The highest BCUT2D eigenvalue weighted by Gasteiger charge is 2.20. The SMILES string of the molecule is Cc1cccc(C)c1C(CN)N(C)CCN1CCCC1. The van der Waals surface area contributed by atoms with Crippen LogP contribution in [-0.4, -0.2) is 49.6 Å². The molecule has 0 radical (unpaired) electrons. The first-order valence-electron chi connectivity index (χ1n) is 7.82. The summed E-state index contributed by atoms with van der Waals surface area (Å²) in [5.74, 6) is 0. The fourth-order valence-electron chi connectivity index (χ4n) is 3.33. The smallest absolute Gasteiger partial charge is 0.0473 e. The van der Waals surface area contributed by atoms with Crippen molar-refractivity contribution in [1.29, 1.82) is 0 Å². The van der Waals surface area contributed by atoms with Crippen LogP contribution in [0.25, 0.3) is 0 Å². The quantitative estimate of drug-likeness (QED) is 0.865. The Balaban J connectivity index is 2.02. The summed E-state index contributed by atoms with van der Waals surface area (Å²) in [6.07, 6.45) is 2.72. The van der Waals surface area contributed by atoms with Crippen molar-refractivity contribution in [2.75, 3.05) is 39.8 Å². The van der Waals surface area contributed by atoms with Crippen molar-refractivity contribution in [1.82, 2.24) is 9.80 Å². The number of hydrogen-bond donors (Lipinski definition) is 1. The normalized spacial score (nSPS) is 17.9. The Morgan fingerprint density at radius 1 is 1.20 bits per heavy atom. The molecule has 1 aliphatic rings. The van der Waals surface area contributed by atoms with E-state index in [0.29, 0.717) is 12.6 Å². The summed E-state index contributed by atoms with van der Waals surface area (Å²) >= 11 is 0. The van der Waals surface area contributed by atoms with Crippen molar-refractivity contribution >= 4 is 0 Å². The summed E-state index contributed by atoms with van der Waals surface area (Å²) in [5, 5.41) is 0. The molecule has 112 valence electrons. The van der Waals surface area contributed by atoms with Crippen LogP contribution < -0.4 is 5.73 Å². The minimum atomic E-state index is 0.332. The molecule has 1 aromatic carbocycles. The van der Waals surface area contributed by atoms with Crippen LogP contribution >= 0.6 is 0 Å². The van der Waals surface area contributed by atoms with E-state index >= 15 is 0 Å². The second kappa shape index (κ2) is 7.21. The van der Waals surface area contributed by atoms with E-state index in [1.165, 1.54) is 42.6 Å². The van der Waals surface area contributed by atoms with E-state index in [4.69, 9.17) is 5.73 Å². The number of aryl methyl sites for hydroxylation is 2. The summed E-state index contributed by atoms with van der Waals surface area (Å²) in [6.45, 7) is 9.86. The predicted octanol–water partition coefficient (Wildman–Crippen LogP) is 2.33. The Labute approximate surface area is 123 Å². The lowest BCUT2D eigenvalue weighted by Crippen LogP contribution is -2.37. The van der Waals surface area contributed by atoms with Gasteiger partial charge in [-0.1, -0.05) is 18.2 Å². The molecule has 20 heavy (non-hydrogen) atoms. The molecule has 0 aliphatic carbocycles. The first-order chi connectivity index (χ1) is 9.63. The van der Waals surface area contributed by atoms with Crippen molar-refractivity contribution in [2.45, 2.75) is 32.7 Å². The van der Waals surface area contributed by atoms with Crippen LogP contribution in [0.1, 0.15) is 35.6 Å². The first-order valence-corrected chi connectivity index (χ1v) is 7.82. The van der Waals surface area contributed by atoms with Gasteiger partial charge in [0, 0.05) is 25.7 Å². The zero-order valence-corrected chi connectivity index (χ0v) is 13.2. The Kier molecular flexibility index (Phi) is 5.58.